The van der Waals surface area contributed by atoms with Gasteiger partial charge in [0, 0.05) is 41.9 Å². The van der Waals surface area contributed by atoms with Crippen molar-refractivity contribution in [1.82, 2.24) is 4.90 Å². The molecule has 1 aromatic carbocycles. The van der Waals surface area contributed by atoms with E-state index >= 15 is 0 Å². The summed E-state index contributed by atoms with van der Waals surface area (Å²) in [5, 5.41) is 10.3. The number of carbonyl (C=O) groups is 1. The Morgan fingerprint density at radius 1 is 1.36 bits per heavy atom. The Hall–Kier alpha value is -0.790. The highest BCUT2D eigenvalue weighted by Gasteiger charge is 2.56. The molecular weight excluding hydrogens is 360 g/mol. The summed E-state index contributed by atoms with van der Waals surface area (Å²) in [6, 6.07) is 7.75. The van der Waals surface area contributed by atoms with Gasteiger partial charge in [-0.25, -0.2) is 0 Å². The van der Waals surface area contributed by atoms with E-state index < -0.39 is 0 Å². The minimum atomic E-state index is -0.321. The summed E-state index contributed by atoms with van der Waals surface area (Å²) in [6.45, 7) is 2.37. The predicted molar refractivity (Wildman–Crippen MR) is 102 cm³/mol. The number of nitrogens with two attached hydrogens (primary N) is 1. The van der Waals surface area contributed by atoms with Gasteiger partial charge in [-0.15, -0.1) is 24.2 Å². The smallest absolute Gasteiger partial charge is 0.253 e. The fourth-order valence-electron chi connectivity index (χ4n) is 3.87. The molecular formula is C18H27ClN2O3S. The second-order valence-corrected chi connectivity index (χ2v) is 7.53. The third-order valence-electron chi connectivity index (χ3n) is 5.50. The Morgan fingerprint density at radius 2 is 2.00 bits per heavy atom. The summed E-state index contributed by atoms with van der Waals surface area (Å²) in [5.41, 5.74) is 6.06. The van der Waals surface area contributed by atoms with Crippen LogP contribution in [0.5, 0.6) is 0 Å². The fourth-order valence-corrected chi connectivity index (χ4v) is 4.28. The number of ether oxygens (including phenoxy) is 1. The van der Waals surface area contributed by atoms with E-state index in [2.05, 4.69) is 0 Å². The van der Waals surface area contributed by atoms with E-state index in [1.54, 1.807) is 11.8 Å². The van der Waals surface area contributed by atoms with Gasteiger partial charge in [0.1, 0.15) is 0 Å². The van der Waals surface area contributed by atoms with Crippen molar-refractivity contribution in [2.45, 2.75) is 36.4 Å². The van der Waals surface area contributed by atoms with E-state index in [4.69, 9.17) is 10.5 Å². The molecule has 5 nitrogen and oxygen atoms in total. The molecule has 2 fully saturated rings. The third kappa shape index (κ3) is 3.98. The summed E-state index contributed by atoms with van der Waals surface area (Å²) < 4.78 is 5.81. The van der Waals surface area contributed by atoms with Gasteiger partial charge in [-0.05, 0) is 43.4 Å². The summed E-state index contributed by atoms with van der Waals surface area (Å²) in [7, 11) is 0. The average molecular weight is 387 g/mol. The van der Waals surface area contributed by atoms with Crippen molar-refractivity contribution in [2.24, 2.45) is 11.1 Å². The van der Waals surface area contributed by atoms with Gasteiger partial charge in [-0.1, -0.05) is 0 Å². The lowest BCUT2D eigenvalue weighted by Crippen LogP contribution is -2.62. The Balaban J connectivity index is 0.00000225. The molecule has 0 aromatic heterocycles. The second kappa shape index (κ2) is 8.73. The number of hydrogen-bond donors (Lipinski definition) is 2. The quantitative estimate of drug-likeness (QED) is 0.758. The monoisotopic (exact) mass is 386 g/mol. The molecule has 25 heavy (non-hydrogen) atoms. The minimum absolute atomic E-state index is 0. The van der Waals surface area contributed by atoms with Crippen LogP contribution >= 0.6 is 24.2 Å². The number of aliphatic hydroxyl groups excluding tert-OH is 1. The van der Waals surface area contributed by atoms with E-state index in [-0.39, 0.29) is 35.9 Å². The Labute approximate surface area is 159 Å². The molecule has 1 aliphatic heterocycles. The highest BCUT2D eigenvalue weighted by molar-refractivity contribution is 7.98. The molecule has 1 aliphatic carbocycles. The number of rotatable bonds is 5. The van der Waals surface area contributed by atoms with E-state index in [1.165, 1.54) is 0 Å². The lowest BCUT2D eigenvalue weighted by molar-refractivity contribution is -0.207. The van der Waals surface area contributed by atoms with Crippen LogP contribution in [0.1, 0.15) is 29.6 Å². The molecule has 3 N–H and O–H groups in total. The van der Waals surface area contributed by atoms with Crippen LogP contribution < -0.4 is 5.73 Å². The first-order chi connectivity index (χ1) is 11.6. The largest absolute Gasteiger partial charge is 0.392 e. The van der Waals surface area contributed by atoms with E-state index in [0.717, 1.165) is 23.3 Å². The number of aliphatic hydroxyl groups is 1. The van der Waals surface area contributed by atoms with Crippen LogP contribution in [0.15, 0.2) is 29.2 Å². The van der Waals surface area contributed by atoms with Gasteiger partial charge >= 0.3 is 0 Å². The Morgan fingerprint density at radius 3 is 2.52 bits per heavy atom. The molecule has 1 amide bonds. The molecule has 0 unspecified atom stereocenters. The van der Waals surface area contributed by atoms with Crippen molar-refractivity contribution in [3.8, 4) is 0 Å². The number of amides is 1. The maximum absolute atomic E-state index is 12.7. The van der Waals surface area contributed by atoms with E-state index in [9.17, 15) is 9.90 Å². The van der Waals surface area contributed by atoms with Crippen LogP contribution in [0.25, 0.3) is 0 Å². The maximum Gasteiger partial charge on any atom is 0.253 e. The lowest BCUT2D eigenvalue weighted by Gasteiger charge is -2.56. The van der Waals surface area contributed by atoms with Gasteiger partial charge in [-0.3, -0.25) is 4.79 Å². The topological polar surface area (TPSA) is 75.8 Å². The van der Waals surface area contributed by atoms with Crippen molar-refractivity contribution >= 4 is 30.1 Å². The van der Waals surface area contributed by atoms with Crippen molar-refractivity contribution in [3.05, 3.63) is 29.8 Å². The summed E-state index contributed by atoms with van der Waals surface area (Å²) in [6.07, 6.45) is 4.04. The standard InChI is InChI=1S/C18H26N2O3S.ClH/c1-24-14-4-2-13(3-5-14)17(22)20-9-6-18(7-10-20)15(21)12-16(18)23-11-8-19;/h2-5,15-16,21H,6-12,19H2,1H3;1H/t15-,16+;/m1./s1. The predicted octanol–water partition coefficient (Wildman–Crippen LogP) is 2.16. The summed E-state index contributed by atoms with van der Waals surface area (Å²) >= 11 is 1.67. The molecule has 7 heteroatoms. The normalized spacial score (nSPS) is 24.5. The van der Waals surface area contributed by atoms with Gasteiger partial charge in [0.05, 0.1) is 18.8 Å². The first-order valence-corrected chi connectivity index (χ1v) is 9.76. The van der Waals surface area contributed by atoms with Crippen LogP contribution in [0.4, 0.5) is 0 Å². The number of piperidine rings is 1. The molecule has 1 saturated heterocycles. The molecule has 2 atom stereocenters. The second-order valence-electron chi connectivity index (χ2n) is 6.65. The zero-order valence-corrected chi connectivity index (χ0v) is 16.2. The van der Waals surface area contributed by atoms with Crippen LogP contribution in [-0.2, 0) is 4.74 Å². The SMILES string of the molecule is CSc1ccc(C(=O)N2CCC3(CC2)[C@H](O)C[C@@H]3OCCN)cc1.Cl. The van der Waals surface area contributed by atoms with Crippen molar-refractivity contribution < 1.29 is 14.6 Å². The highest BCUT2D eigenvalue weighted by atomic mass is 35.5. The Bertz CT molecular complexity index is 576. The van der Waals surface area contributed by atoms with Crippen LogP contribution in [0, 0.1) is 5.41 Å². The molecule has 140 valence electrons. The first-order valence-electron chi connectivity index (χ1n) is 8.54. The number of carbonyl (C=O) groups excluding carboxylic acids is 1. The van der Waals surface area contributed by atoms with E-state index in [1.807, 2.05) is 35.4 Å². The molecule has 1 spiro atoms. The molecule has 1 aromatic rings. The molecule has 0 bridgehead atoms. The van der Waals surface area contributed by atoms with Crippen LogP contribution in [0.3, 0.4) is 0 Å². The average Bonchev–Trinajstić information content (AvgIpc) is 2.64. The van der Waals surface area contributed by atoms with Gasteiger partial charge < -0.3 is 20.5 Å². The lowest BCUT2D eigenvalue weighted by atomic mass is 9.58. The first kappa shape index (κ1) is 20.5. The van der Waals surface area contributed by atoms with Crippen molar-refractivity contribution in [2.75, 3.05) is 32.5 Å². The zero-order chi connectivity index (χ0) is 17.2. The number of likely N-dealkylation sites (tertiary alicyclic amines) is 1. The van der Waals surface area contributed by atoms with Gasteiger partial charge in [0.15, 0.2) is 0 Å². The molecule has 1 saturated carbocycles. The van der Waals surface area contributed by atoms with Crippen LogP contribution in [-0.4, -0.2) is 60.6 Å². The number of nitrogens with zero attached hydrogens (tertiary/aromatic N) is 1. The highest BCUT2D eigenvalue weighted by Crippen LogP contribution is 2.51. The van der Waals surface area contributed by atoms with Crippen LogP contribution in [0.2, 0.25) is 0 Å². The molecule has 1 heterocycles. The fraction of sp³-hybridized carbons (Fsp3) is 0.611. The van der Waals surface area contributed by atoms with Crippen molar-refractivity contribution in [3.63, 3.8) is 0 Å². The molecule has 2 aliphatic rings. The molecule has 0 radical (unpaired) electrons. The zero-order valence-electron chi connectivity index (χ0n) is 14.5. The third-order valence-corrected chi connectivity index (χ3v) is 6.24. The number of halogens is 1. The number of thioether (sulfide) groups is 1. The van der Waals surface area contributed by atoms with E-state index in [0.29, 0.717) is 32.7 Å². The van der Waals surface area contributed by atoms with Gasteiger partial charge in [-0.2, -0.15) is 0 Å². The summed E-state index contributed by atoms with van der Waals surface area (Å²) in [5.74, 6) is 0.0748. The summed E-state index contributed by atoms with van der Waals surface area (Å²) in [4.78, 5) is 15.7. The van der Waals surface area contributed by atoms with Crippen molar-refractivity contribution in [1.29, 1.82) is 0 Å². The van der Waals surface area contributed by atoms with Gasteiger partial charge in [0.25, 0.3) is 5.91 Å². The van der Waals surface area contributed by atoms with Gasteiger partial charge in [0.2, 0.25) is 0 Å². The maximum atomic E-state index is 12.7. The number of benzene rings is 1. The Kier molecular flexibility index (Phi) is 7.17. The minimum Gasteiger partial charge on any atom is -0.392 e. The number of hydrogen-bond acceptors (Lipinski definition) is 5. The molecule has 3 rings (SSSR count).